The maximum atomic E-state index is 13.7. The Kier molecular flexibility index (Phi) is 7.28. The smallest absolute Gasteiger partial charge is 0.316 e. The Balaban J connectivity index is 1.20. The van der Waals surface area contributed by atoms with Gasteiger partial charge in [0.25, 0.3) is 5.69 Å². The highest BCUT2D eigenvalue weighted by Gasteiger charge is 2.87. The number of carbonyl (C=O) groups excluding carboxylic acids is 4. The van der Waals surface area contributed by atoms with Gasteiger partial charge in [0.05, 0.1) is 44.1 Å². The van der Waals surface area contributed by atoms with Crippen molar-refractivity contribution in [1.82, 2.24) is 0 Å². The standard InChI is InChI=1S/C28H19Cl6N3O7/c1-11-3-4-14(9-17(11)37(42)43)35-10-13(8-18(35)38)25(41)44-15-5-6-16(12(2)7-15)36-23(39)19-20(24(36)40)27(32)22(30)21(29)26(19,31)28(27,33)34/h3-7,9,13,19-20H,8,10H2,1-2H3/t13-,19-,20-,26-,27-/m1/s1. The maximum absolute atomic E-state index is 13.7. The number of esters is 1. The summed E-state index contributed by atoms with van der Waals surface area (Å²) in [6.45, 7) is 3.15. The molecule has 0 unspecified atom stereocenters. The highest BCUT2D eigenvalue weighted by molar-refractivity contribution is 6.67. The van der Waals surface area contributed by atoms with Crippen LogP contribution in [0.15, 0.2) is 46.5 Å². The van der Waals surface area contributed by atoms with E-state index in [1.54, 1.807) is 19.9 Å². The first-order chi connectivity index (χ1) is 20.5. The summed E-state index contributed by atoms with van der Waals surface area (Å²) in [5.74, 6) is -5.86. The Morgan fingerprint density at radius 3 is 2.07 bits per heavy atom. The van der Waals surface area contributed by atoms with Gasteiger partial charge in [0, 0.05) is 24.6 Å². The second-order valence-corrected chi connectivity index (χ2v) is 14.4. The van der Waals surface area contributed by atoms with E-state index in [4.69, 9.17) is 74.3 Å². The van der Waals surface area contributed by atoms with Gasteiger partial charge in [-0.2, -0.15) is 0 Å². The van der Waals surface area contributed by atoms with Crippen LogP contribution in [-0.4, -0.2) is 49.2 Å². The molecule has 0 aromatic heterocycles. The van der Waals surface area contributed by atoms with Gasteiger partial charge < -0.3 is 9.64 Å². The van der Waals surface area contributed by atoms with Crippen LogP contribution < -0.4 is 14.5 Å². The molecule has 2 saturated heterocycles. The van der Waals surface area contributed by atoms with Crippen molar-refractivity contribution in [1.29, 1.82) is 0 Å². The van der Waals surface area contributed by atoms with Crippen molar-refractivity contribution in [2.24, 2.45) is 17.8 Å². The summed E-state index contributed by atoms with van der Waals surface area (Å²) in [7, 11) is 0. The number of ether oxygens (including phenoxy) is 1. The van der Waals surface area contributed by atoms with Crippen LogP contribution in [0, 0.1) is 41.7 Å². The van der Waals surface area contributed by atoms with E-state index in [2.05, 4.69) is 0 Å². The van der Waals surface area contributed by atoms with Crippen LogP contribution in [0.25, 0.3) is 0 Å². The lowest BCUT2D eigenvalue weighted by Gasteiger charge is -2.34. The van der Waals surface area contributed by atoms with Gasteiger partial charge in [-0.05, 0) is 43.7 Å². The Labute approximate surface area is 279 Å². The number of carbonyl (C=O) groups is 4. The molecule has 1 saturated carbocycles. The van der Waals surface area contributed by atoms with E-state index in [1.165, 1.54) is 35.2 Å². The third kappa shape index (κ3) is 3.94. The third-order valence-electron chi connectivity index (χ3n) is 8.70. The maximum Gasteiger partial charge on any atom is 0.316 e. The fourth-order valence-corrected chi connectivity index (χ4v) is 9.38. The van der Waals surface area contributed by atoms with Crippen molar-refractivity contribution in [3.05, 3.63) is 67.7 Å². The molecule has 3 amide bonds. The molecule has 0 spiro atoms. The van der Waals surface area contributed by atoms with Gasteiger partial charge in [-0.3, -0.25) is 29.3 Å². The molecule has 6 rings (SSSR count). The average Bonchev–Trinajstić information content (AvgIpc) is 3.54. The molecule has 2 aliphatic heterocycles. The minimum atomic E-state index is -2.05. The molecule has 0 radical (unpaired) electrons. The van der Waals surface area contributed by atoms with Gasteiger partial charge in [0.2, 0.25) is 17.7 Å². The van der Waals surface area contributed by atoms with E-state index in [0.717, 1.165) is 4.90 Å². The average molecular weight is 722 g/mol. The molecular formula is C28H19Cl6N3O7. The van der Waals surface area contributed by atoms with Crippen molar-refractivity contribution in [3.8, 4) is 5.75 Å². The number of rotatable bonds is 5. The van der Waals surface area contributed by atoms with E-state index in [-0.39, 0.29) is 46.1 Å². The van der Waals surface area contributed by atoms with Crippen LogP contribution in [0.3, 0.4) is 0 Å². The summed E-state index contributed by atoms with van der Waals surface area (Å²) in [5, 5.41) is 10.9. The number of nitro benzene ring substituents is 1. The number of allylic oxidation sites excluding steroid dienone is 2. The lowest BCUT2D eigenvalue weighted by atomic mass is 9.84. The van der Waals surface area contributed by atoms with Gasteiger partial charge in [-0.25, -0.2) is 4.90 Å². The van der Waals surface area contributed by atoms with Crippen molar-refractivity contribution in [3.63, 3.8) is 0 Å². The Bertz CT molecular complexity index is 1720. The number of alkyl halides is 4. The Morgan fingerprint density at radius 2 is 1.52 bits per heavy atom. The second-order valence-electron chi connectivity index (χ2n) is 11.1. The molecule has 2 aromatic rings. The molecule has 230 valence electrons. The van der Waals surface area contributed by atoms with E-state index < -0.39 is 54.5 Å². The van der Waals surface area contributed by atoms with Crippen LogP contribution in [0.1, 0.15) is 17.5 Å². The summed E-state index contributed by atoms with van der Waals surface area (Å²) in [4.78, 5) is 62.2. The zero-order valence-electron chi connectivity index (χ0n) is 22.6. The normalized spacial score (nSPS) is 30.5. The van der Waals surface area contributed by atoms with Crippen molar-refractivity contribution < 1.29 is 28.8 Å². The highest BCUT2D eigenvalue weighted by atomic mass is 35.5. The fourth-order valence-electron chi connectivity index (χ4n) is 6.45. The minimum absolute atomic E-state index is 0.0311. The molecule has 2 heterocycles. The molecule has 5 atom stereocenters. The van der Waals surface area contributed by atoms with Crippen LogP contribution in [-0.2, 0) is 19.2 Å². The third-order valence-corrected chi connectivity index (χ3v) is 13.0. The second kappa shape index (κ2) is 10.2. The fraction of sp³-hybridized carbons (Fsp3) is 0.357. The molecule has 2 aromatic carbocycles. The predicted molar refractivity (Wildman–Crippen MR) is 165 cm³/mol. The predicted octanol–water partition coefficient (Wildman–Crippen LogP) is 6.12. The number of imide groups is 1. The van der Waals surface area contributed by atoms with Crippen LogP contribution in [0.2, 0.25) is 0 Å². The number of anilines is 2. The van der Waals surface area contributed by atoms with Crippen molar-refractivity contribution in [2.45, 2.75) is 34.3 Å². The van der Waals surface area contributed by atoms with Gasteiger partial charge in [0.1, 0.15) is 15.5 Å². The monoisotopic (exact) mass is 719 g/mol. The van der Waals surface area contributed by atoms with Gasteiger partial charge >= 0.3 is 5.97 Å². The summed E-state index contributed by atoms with van der Waals surface area (Å²) < 4.78 is 3.48. The minimum Gasteiger partial charge on any atom is -0.426 e. The summed E-state index contributed by atoms with van der Waals surface area (Å²) in [5.41, 5.74) is 1.17. The molecule has 16 heteroatoms. The zero-order valence-corrected chi connectivity index (χ0v) is 27.1. The first-order valence-electron chi connectivity index (χ1n) is 13.1. The number of fused-ring (bicyclic) bond motifs is 5. The largest absolute Gasteiger partial charge is 0.426 e. The molecule has 2 aliphatic carbocycles. The van der Waals surface area contributed by atoms with E-state index in [1.807, 2.05) is 0 Å². The molecule has 0 N–H and O–H groups in total. The Hall–Kier alpha value is -2.60. The number of nitro groups is 1. The first kappa shape index (κ1) is 31.4. The van der Waals surface area contributed by atoms with E-state index >= 15 is 0 Å². The number of amides is 3. The molecule has 10 nitrogen and oxygen atoms in total. The topological polar surface area (TPSA) is 127 Å². The summed E-state index contributed by atoms with van der Waals surface area (Å²) in [6, 6.07) is 8.66. The molecule has 4 aliphatic rings. The number of nitrogens with zero attached hydrogens (tertiary/aromatic N) is 3. The molecular weight excluding hydrogens is 703 g/mol. The number of hydrogen-bond acceptors (Lipinski definition) is 7. The van der Waals surface area contributed by atoms with Crippen molar-refractivity contribution in [2.75, 3.05) is 16.3 Å². The SMILES string of the molecule is Cc1cc(OC(=O)[C@@H]2CC(=O)N(c3ccc(C)c([N+](=O)[O-])c3)C2)ccc1N1C(=O)[C@H]2[C@H](C1=O)[C@@]1(Cl)C(Cl)=C(Cl)[C@@]2(Cl)C1(Cl)Cl. The van der Waals surface area contributed by atoms with E-state index in [0.29, 0.717) is 16.8 Å². The number of aryl methyl sites for hydroxylation is 2. The summed E-state index contributed by atoms with van der Waals surface area (Å²) in [6.07, 6.45) is -0.153. The van der Waals surface area contributed by atoms with E-state index in [9.17, 15) is 29.3 Å². The lowest BCUT2D eigenvalue weighted by molar-refractivity contribution is -0.385. The van der Waals surface area contributed by atoms with Crippen LogP contribution >= 0.6 is 69.6 Å². The lowest BCUT2D eigenvalue weighted by Crippen LogP contribution is -2.50. The van der Waals surface area contributed by atoms with Crippen molar-refractivity contribution >= 4 is 110 Å². The van der Waals surface area contributed by atoms with Gasteiger partial charge in [-0.15, -0.1) is 23.2 Å². The van der Waals surface area contributed by atoms with Crippen LogP contribution in [0.4, 0.5) is 17.1 Å². The summed E-state index contributed by atoms with van der Waals surface area (Å²) >= 11 is 39.3. The molecule has 3 fully saturated rings. The first-order valence-corrected chi connectivity index (χ1v) is 15.3. The quantitative estimate of drug-likeness (QED) is 0.0909. The number of hydrogen-bond donors (Lipinski definition) is 0. The van der Waals surface area contributed by atoms with Crippen LogP contribution in [0.5, 0.6) is 5.75 Å². The number of benzene rings is 2. The van der Waals surface area contributed by atoms with Gasteiger partial charge in [0.15, 0.2) is 4.33 Å². The Morgan fingerprint density at radius 1 is 0.932 bits per heavy atom. The number of halogens is 6. The molecule has 2 bridgehead atoms. The molecule has 44 heavy (non-hydrogen) atoms. The zero-order chi connectivity index (χ0) is 32.3. The van der Waals surface area contributed by atoms with Gasteiger partial charge in [-0.1, -0.05) is 52.5 Å². The highest BCUT2D eigenvalue weighted by Crippen LogP contribution is 2.77.